The molecule has 2 aromatic carbocycles. The molecule has 7 nitrogen and oxygen atoms in total. The zero-order chi connectivity index (χ0) is 19.6. The summed E-state index contributed by atoms with van der Waals surface area (Å²) in [5.41, 5.74) is 0.225. The van der Waals surface area contributed by atoms with Crippen LogP contribution in [-0.4, -0.2) is 39.8 Å². The Morgan fingerprint density at radius 1 is 1.15 bits per heavy atom. The lowest BCUT2D eigenvalue weighted by Gasteiger charge is -2.29. The van der Waals surface area contributed by atoms with Crippen molar-refractivity contribution >= 4 is 27.3 Å². The summed E-state index contributed by atoms with van der Waals surface area (Å²) in [6, 6.07) is 9.16. The van der Waals surface area contributed by atoms with Gasteiger partial charge in [0.25, 0.3) is 0 Å². The second-order valence-electron chi connectivity index (χ2n) is 6.03. The quantitative estimate of drug-likeness (QED) is 0.842. The summed E-state index contributed by atoms with van der Waals surface area (Å²) in [6.07, 6.45) is 0.997. The minimum atomic E-state index is -3.81. The molecule has 0 fully saturated rings. The van der Waals surface area contributed by atoms with Gasteiger partial charge >= 0.3 is 0 Å². The van der Waals surface area contributed by atoms with E-state index in [1.54, 1.807) is 12.1 Å². The summed E-state index contributed by atoms with van der Waals surface area (Å²) in [5.74, 6) is -0.375. The van der Waals surface area contributed by atoms with Crippen molar-refractivity contribution in [3.8, 4) is 11.5 Å². The van der Waals surface area contributed by atoms with E-state index in [9.17, 15) is 17.6 Å². The highest BCUT2D eigenvalue weighted by Gasteiger charge is 2.30. The second kappa shape index (κ2) is 7.43. The van der Waals surface area contributed by atoms with Crippen LogP contribution in [0.4, 0.5) is 15.8 Å². The maximum absolute atomic E-state index is 13.8. The molecule has 0 aromatic heterocycles. The van der Waals surface area contributed by atoms with Gasteiger partial charge in [-0.1, -0.05) is 12.1 Å². The van der Waals surface area contributed by atoms with Gasteiger partial charge in [-0.3, -0.25) is 9.10 Å². The first kappa shape index (κ1) is 19.0. The van der Waals surface area contributed by atoms with E-state index in [-0.39, 0.29) is 11.4 Å². The standard InChI is InChI=1S/C18H19FN2O5S/c1-12(18(22)20-15-6-4-3-5-14(15)19)21(27(2,23)24)13-7-8-16-17(11-13)26-10-9-25-16/h3-8,11-12H,9-10H2,1-2H3,(H,20,22)/t12-/m0/s1. The van der Waals surface area contributed by atoms with E-state index in [1.165, 1.54) is 37.3 Å². The van der Waals surface area contributed by atoms with Crippen LogP contribution in [0.15, 0.2) is 42.5 Å². The van der Waals surface area contributed by atoms with Crippen molar-refractivity contribution < 1.29 is 27.1 Å². The zero-order valence-electron chi connectivity index (χ0n) is 14.8. The third-order valence-corrected chi connectivity index (χ3v) is 5.24. The summed E-state index contributed by atoms with van der Waals surface area (Å²) in [7, 11) is -3.81. The van der Waals surface area contributed by atoms with E-state index < -0.39 is 27.8 Å². The summed E-state index contributed by atoms with van der Waals surface area (Å²) in [6.45, 7) is 2.18. The minimum absolute atomic E-state index is 0.0232. The Morgan fingerprint density at radius 3 is 2.48 bits per heavy atom. The number of fused-ring (bicyclic) bond motifs is 1. The Bertz CT molecular complexity index is 964. The third-order valence-electron chi connectivity index (χ3n) is 4.00. The number of anilines is 2. The Kier molecular flexibility index (Phi) is 5.22. The van der Waals surface area contributed by atoms with Crippen molar-refractivity contribution in [3.63, 3.8) is 0 Å². The van der Waals surface area contributed by atoms with Crippen LogP contribution >= 0.6 is 0 Å². The maximum Gasteiger partial charge on any atom is 0.248 e. The van der Waals surface area contributed by atoms with E-state index in [0.29, 0.717) is 24.7 Å². The molecule has 1 amide bonds. The largest absolute Gasteiger partial charge is 0.486 e. The number of ether oxygens (including phenoxy) is 2. The van der Waals surface area contributed by atoms with Gasteiger partial charge in [0.1, 0.15) is 25.1 Å². The minimum Gasteiger partial charge on any atom is -0.486 e. The number of nitrogens with one attached hydrogen (secondary N) is 1. The molecular weight excluding hydrogens is 375 g/mol. The van der Waals surface area contributed by atoms with Crippen molar-refractivity contribution in [2.75, 3.05) is 29.1 Å². The number of hydrogen-bond donors (Lipinski definition) is 1. The smallest absolute Gasteiger partial charge is 0.248 e. The van der Waals surface area contributed by atoms with Crippen LogP contribution in [0, 0.1) is 5.82 Å². The van der Waals surface area contributed by atoms with Crippen LogP contribution < -0.4 is 19.1 Å². The highest BCUT2D eigenvalue weighted by atomic mass is 32.2. The fourth-order valence-corrected chi connectivity index (χ4v) is 3.94. The SMILES string of the molecule is C[C@@H](C(=O)Nc1ccccc1F)N(c1ccc2c(c1)OCCO2)S(C)(=O)=O. The molecule has 0 saturated heterocycles. The number of nitrogens with zero attached hydrogens (tertiary/aromatic N) is 1. The average Bonchev–Trinajstić information content (AvgIpc) is 2.62. The Morgan fingerprint density at radius 2 is 1.81 bits per heavy atom. The molecule has 0 aliphatic carbocycles. The van der Waals surface area contributed by atoms with Gasteiger partial charge in [0.15, 0.2) is 11.5 Å². The van der Waals surface area contributed by atoms with Gasteiger partial charge in [0.2, 0.25) is 15.9 Å². The van der Waals surface area contributed by atoms with E-state index in [1.807, 2.05) is 0 Å². The highest BCUT2D eigenvalue weighted by Crippen LogP contribution is 2.35. The topological polar surface area (TPSA) is 84.9 Å². The van der Waals surface area contributed by atoms with Gasteiger partial charge in [0.05, 0.1) is 17.6 Å². The molecule has 1 heterocycles. The predicted molar refractivity (Wildman–Crippen MR) is 99.2 cm³/mol. The lowest BCUT2D eigenvalue weighted by molar-refractivity contribution is -0.116. The summed E-state index contributed by atoms with van der Waals surface area (Å²) < 4.78 is 50.4. The number of carbonyl (C=O) groups is 1. The molecule has 9 heteroatoms. The molecule has 0 unspecified atom stereocenters. The molecule has 1 aliphatic heterocycles. The van der Waals surface area contributed by atoms with E-state index in [2.05, 4.69) is 5.32 Å². The molecule has 27 heavy (non-hydrogen) atoms. The molecule has 0 radical (unpaired) electrons. The van der Waals surface area contributed by atoms with Crippen LogP contribution in [0.1, 0.15) is 6.92 Å². The number of benzene rings is 2. The normalized spacial score (nSPS) is 14.3. The number of halogens is 1. The highest BCUT2D eigenvalue weighted by molar-refractivity contribution is 7.92. The zero-order valence-corrected chi connectivity index (χ0v) is 15.6. The molecule has 1 N–H and O–H groups in total. The lowest BCUT2D eigenvalue weighted by atomic mass is 10.2. The van der Waals surface area contributed by atoms with Gasteiger partial charge in [0, 0.05) is 6.07 Å². The molecule has 0 bridgehead atoms. The van der Waals surface area contributed by atoms with Crippen molar-refractivity contribution in [1.29, 1.82) is 0 Å². The van der Waals surface area contributed by atoms with E-state index >= 15 is 0 Å². The molecule has 3 rings (SSSR count). The number of rotatable bonds is 5. The summed E-state index contributed by atoms with van der Waals surface area (Å²) in [5, 5.41) is 2.42. The van der Waals surface area contributed by atoms with Gasteiger partial charge in [-0.05, 0) is 31.2 Å². The van der Waals surface area contributed by atoms with Gasteiger partial charge in [-0.15, -0.1) is 0 Å². The number of amides is 1. The van der Waals surface area contributed by atoms with Crippen LogP contribution in [0.5, 0.6) is 11.5 Å². The first-order valence-electron chi connectivity index (χ1n) is 8.22. The lowest BCUT2D eigenvalue weighted by Crippen LogP contribution is -2.45. The van der Waals surface area contributed by atoms with Crippen LogP contribution in [0.25, 0.3) is 0 Å². The van der Waals surface area contributed by atoms with Crippen LogP contribution in [0.3, 0.4) is 0 Å². The van der Waals surface area contributed by atoms with Crippen molar-refractivity contribution in [2.24, 2.45) is 0 Å². The number of para-hydroxylation sites is 1. The fourth-order valence-electron chi connectivity index (χ4n) is 2.78. The van der Waals surface area contributed by atoms with Crippen molar-refractivity contribution in [3.05, 3.63) is 48.3 Å². The molecule has 2 aromatic rings. The van der Waals surface area contributed by atoms with Crippen LogP contribution in [-0.2, 0) is 14.8 Å². The number of sulfonamides is 1. The maximum atomic E-state index is 13.8. The number of hydrogen-bond acceptors (Lipinski definition) is 5. The average molecular weight is 394 g/mol. The first-order valence-corrected chi connectivity index (χ1v) is 10.1. The van der Waals surface area contributed by atoms with E-state index in [4.69, 9.17) is 9.47 Å². The monoisotopic (exact) mass is 394 g/mol. The van der Waals surface area contributed by atoms with Crippen LogP contribution in [0.2, 0.25) is 0 Å². The van der Waals surface area contributed by atoms with Gasteiger partial charge < -0.3 is 14.8 Å². The Labute approximate surface area is 156 Å². The molecular formula is C18H19FN2O5S. The predicted octanol–water partition coefficient (Wildman–Crippen LogP) is 2.39. The molecule has 1 aliphatic rings. The molecule has 144 valence electrons. The summed E-state index contributed by atoms with van der Waals surface area (Å²) >= 11 is 0. The van der Waals surface area contributed by atoms with Gasteiger partial charge in [-0.2, -0.15) is 0 Å². The Balaban J connectivity index is 1.91. The number of carbonyl (C=O) groups excluding carboxylic acids is 1. The first-order chi connectivity index (χ1) is 12.8. The Hall–Kier alpha value is -2.81. The molecule has 0 saturated carbocycles. The fraction of sp³-hybridized carbons (Fsp3) is 0.278. The molecule has 0 spiro atoms. The van der Waals surface area contributed by atoms with Gasteiger partial charge in [-0.25, -0.2) is 12.8 Å². The van der Waals surface area contributed by atoms with Crippen molar-refractivity contribution in [2.45, 2.75) is 13.0 Å². The van der Waals surface area contributed by atoms with E-state index in [0.717, 1.165) is 10.6 Å². The second-order valence-corrected chi connectivity index (χ2v) is 7.89. The summed E-state index contributed by atoms with van der Waals surface area (Å²) in [4.78, 5) is 12.6. The molecule has 1 atom stereocenters. The van der Waals surface area contributed by atoms with Crippen molar-refractivity contribution in [1.82, 2.24) is 0 Å². The third kappa shape index (κ3) is 4.13.